The Morgan fingerprint density at radius 2 is 1.92 bits per heavy atom. The monoisotopic (exact) mass is 403 g/mol. The van der Waals surface area contributed by atoms with Gasteiger partial charge in [-0.25, -0.2) is 13.2 Å². The van der Waals surface area contributed by atoms with Gasteiger partial charge in [0.2, 0.25) is 0 Å². The van der Waals surface area contributed by atoms with Gasteiger partial charge >= 0.3 is 5.97 Å². The third kappa shape index (κ3) is 4.78. The fourth-order valence-corrected chi connectivity index (χ4v) is 3.49. The maximum Gasteiger partial charge on any atom is 0.343 e. The number of hydrogen-bond donors (Lipinski definition) is 1. The van der Waals surface area contributed by atoms with Crippen molar-refractivity contribution < 1.29 is 22.7 Å². The van der Waals surface area contributed by atoms with E-state index in [9.17, 15) is 13.2 Å². The molecule has 25 heavy (non-hydrogen) atoms. The van der Waals surface area contributed by atoms with Gasteiger partial charge in [0.15, 0.2) is 6.61 Å². The zero-order valence-electron chi connectivity index (χ0n) is 13.4. The number of aryl methyl sites for hydroxylation is 1. The van der Waals surface area contributed by atoms with Crippen molar-refractivity contribution in [1.82, 2.24) is 0 Å². The average molecular weight is 404 g/mol. The number of nitrogens with one attached hydrogen (secondary N) is 1. The number of halogens is 2. The van der Waals surface area contributed by atoms with Gasteiger partial charge in [0.05, 0.1) is 27.7 Å². The SMILES string of the molecule is COC(=O)COc1ccc(S(=O)(=O)Nc2cccc(Cl)c2Cl)cc1C. The highest BCUT2D eigenvalue weighted by atomic mass is 35.5. The van der Waals surface area contributed by atoms with Crippen molar-refractivity contribution in [3.8, 4) is 5.75 Å². The first-order valence-electron chi connectivity index (χ1n) is 7.01. The topological polar surface area (TPSA) is 81.7 Å². The summed E-state index contributed by atoms with van der Waals surface area (Å²) in [5, 5.41) is 0.354. The summed E-state index contributed by atoms with van der Waals surface area (Å²) in [6.45, 7) is 1.40. The van der Waals surface area contributed by atoms with Gasteiger partial charge in [-0.2, -0.15) is 0 Å². The Hall–Kier alpha value is -1.96. The predicted molar refractivity (Wildman–Crippen MR) is 96.0 cm³/mol. The summed E-state index contributed by atoms with van der Waals surface area (Å²) in [4.78, 5) is 11.1. The van der Waals surface area contributed by atoms with Crippen LogP contribution in [0.4, 0.5) is 5.69 Å². The number of benzene rings is 2. The van der Waals surface area contributed by atoms with E-state index in [1.54, 1.807) is 19.1 Å². The first-order chi connectivity index (χ1) is 11.7. The van der Waals surface area contributed by atoms with Crippen LogP contribution in [0, 0.1) is 6.92 Å². The van der Waals surface area contributed by atoms with Gasteiger partial charge in [-0.1, -0.05) is 29.3 Å². The number of carbonyl (C=O) groups excluding carboxylic acids is 1. The molecule has 0 saturated carbocycles. The van der Waals surface area contributed by atoms with Gasteiger partial charge in [-0.15, -0.1) is 0 Å². The third-order valence-corrected chi connectivity index (χ3v) is 5.41. The Bertz CT molecular complexity index is 899. The Morgan fingerprint density at radius 1 is 1.20 bits per heavy atom. The molecule has 0 bridgehead atoms. The van der Waals surface area contributed by atoms with Crippen LogP contribution < -0.4 is 9.46 Å². The second-order valence-corrected chi connectivity index (χ2v) is 7.47. The molecule has 0 spiro atoms. The quantitative estimate of drug-likeness (QED) is 0.744. The number of carbonyl (C=O) groups is 1. The molecular formula is C16H15Cl2NO5S. The maximum atomic E-state index is 12.5. The van der Waals surface area contributed by atoms with E-state index in [0.29, 0.717) is 11.3 Å². The van der Waals surface area contributed by atoms with E-state index in [2.05, 4.69) is 9.46 Å². The van der Waals surface area contributed by atoms with Gasteiger partial charge in [-0.3, -0.25) is 4.72 Å². The lowest BCUT2D eigenvalue weighted by molar-refractivity contribution is -0.142. The fourth-order valence-electron chi connectivity index (χ4n) is 1.93. The minimum atomic E-state index is -3.87. The highest BCUT2D eigenvalue weighted by Crippen LogP contribution is 2.31. The van der Waals surface area contributed by atoms with Crippen LogP contribution in [-0.2, 0) is 19.6 Å². The van der Waals surface area contributed by atoms with Crippen molar-refractivity contribution in [3.05, 3.63) is 52.0 Å². The smallest absolute Gasteiger partial charge is 0.343 e. The zero-order valence-corrected chi connectivity index (χ0v) is 15.7. The summed E-state index contributed by atoms with van der Waals surface area (Å²) < 4.78 is 37.2. The molecule has 0 aliphatic heterocycles. The first kappa shape index (κ1) is 19.4. The molecule has 9 heteroatoms. The summed E-state index contributed by atoms with van der Waals surface area (Å²) >= 11 is 11.9. The molecule has 0 amide bonds. The van der Waals surface area contributed by atoms with E-state index in [1.165, 1.54) is 31.4 Å². The van der Waals surface area contributed by atoms with Crippen LogP contribution in [-0.4, -0.2) is 28.1 Å². The summed E-state index contributed by atoms with van der Waals surface area (Å²) in [6.07, 6.45) is 0. The Morgan fingerprint density at radius 3 is 2.56 bits per heavy atom. The summed E-state index contributed by atoms with van der Waals surface area (Å²) in [7, 11) is -2.62. The number of rotatable bonds is 6. The van der Waals surface area contributed by atoms with Gasteiger partial charge in [-0.05, 0) is 42.8 Å². The van der Waals surface area contributed by atoms with E-state index in [1.807, 2.05) is 0 Å². The van der Waals surface area contributed by atoms with Crippen LogP contribution in [0.25, 0.3) is 0 Å². The minimum absolute atomic E-state index is 0.0199. The van der Waals surface area contributed by atoms with Gasteiger partial charge in [0.25, 0.3) is 10.0 Å². The highest BCUT2D eigenvalue weighted by Gasteiger charge is 2.18. The molecule has 1 N–H and O–H groups in total. The van der Waals surface area contributed by atoms with Crippen LogP contribution in [0.5, 0.6) is 5.75 Å². The number of methoxy groups -OCH3 is 1. The maximum absolute atomic E-state index is 12.5. The molecule has 0 aromatic heterocycles. The minimum Gasteiger partial charge on any atom is -0.482 e. The van der Waals surface area contributed by atoms with E-state index < -0.39 is 16.0 Å². The van der Waals surface area contributed by atoms with Crippen molar-refractivity contribution in [2.45, 2.75) is 11.8 Å². The summed E-state index contributed by atoms with van der Waals surface area (Å²) in [6, 6.07) is 8.90. The molecule has 0 aliphatic rings. The van der Waals surface area contributed by atoms with Crippen molar-refractivity contribution in [2.24, 2.45) is 0 Å². The molecule has 134 valence electrons. The molecule has 0 heterocycles. The second kappa shape index (κ2) is 7.95. The second-order valence-electron chi connectivity index (χ2n) is 5.00. The van der Waals surface area contributed by atoms with E-state index in [0.717, 1.165) is 0 Å². The van der Waals surface area contributed by atoms with Gasteiger partial charge in [0.1, 0.15) is 5.75 Å². The fraction of sp³-hybridized carbons (Fsp3) is 0.188. The first-order valence-corrected chi connectivity index (χ1v) is 9.25. The average Bonchev–Trinajstić information content (AvgIpc) is 2.57. The molecule has 0 aliphatic carbocycles. The molecule has 2 rings (SSSR count). The van der Waals surface area contributed by atoms with Crippen molar-refractivity contribution in [3.63, 3.8) is 0 Å². The number of ether oxygens (including phenoxy) is 2. The van der Waals surface area contributed by atoms with E-state index in [-0.39, 0.29) is 27.2 Å². The van der Waals surface area contributed by atoms with Crippen molar-refractivity contribution in [2.75, 3.05) is 18.4 Å². The zero-order chi connectivity index (χ0) is 18.6. The number of anilines is 1. The number of sulfonamides is 1. The Balaban J connectivity index is 2.23. The molecular weight excluding hydrogens is 389 g/mol. The molecule has 0 unspecified atom stereocenters. The highest BCUT2D eigenvalue weighted by molar-refractivity contribution is 7.92. The van der Waals surface area contributed by atoms with E-state index in [4.69, 9.17) is 27.9 Å². The summed E-state index contributed by atoms with van der Waals surface area (Å²) in [5.74, 6) is -0.154. The van der Waals surface area contributed by atoms with E-state index >= 15 is 0 Å². The Labute approximate surface area is 155 Å². The van der Waals surface area contributed by atoms with Crippen molar-refractivity contribution in [1.29, 1.82) is 0 Å². The molecule has 0 saturated heterocycles. The van der Waals surface area contributed by atoms with Gasteiger partial charge < -0.3 is 9.47 Å². The van der Waals surface area contributed by atoms with Crippen LogP contribution in [0.3, 0.4) is 0 Å². The number of hydrogen-bond acceptors (Lipinski definition) is 5. The normalized spacial score (nSPS) is 11.0. The van der Waals surface area contributed by atoms with Gasteiger partial charge in [0, 0.05) is 0 Å². The molecule has 0 fully saturated rings. The largest absolute Gasteiger partial charge is 0.482 e. The lowest BCUT2D eigenvalue weighted by Crippen LogP contribution is -2.15. The molecule has 2 aromatic rings. The standard InChI is InChI=1S/C16H15Cl2NO5S/c1-10-8-11(6-7-14(10)24-9-15(20)23-2)25(21,22)19-13-5-3-4-12(17)16(13)18/h3-8,19H,9H2,1-2H3. The van der Waals surface area contributed by atoms with Crippen LogP contribution in [0.15, 0.2) is 41.3 Å². The lowest BCUT2D eigenvalue weighted by atomic mass is 10.2. The molecule has 2 aromatic carbocycles. The van der Waals surface area contributed by atoms with Crippen LogP contribution in [0.2, 0.25) is 10.0 Å². The molecule has 0 radical (unpaired) electrons. The summed E-state index contributed by atoms with van der Waals surface area (Å²) in [5.41, 5.74) is 0.724. The molecule has 0 atom stereocenters. The van der Waals surface area contributed by atoms with Crippen molar-refractivity contribution >= 4 is 44.9 Å². The number of esters is 1. The predicted octanol–water partition coefficient (Wildman–Crippen LogP) is 3.65. The third-order valence-electron chi connectivity index (χ3n) is 3.23. The molecule has 6 nitrogen and oxygen atoms in total. The lowest BCUT2D eigenvalue weighted by Gasteiger charge is -2.13. The van der Waals surface area contributed by atoms with Crippen LogP contribution >= 0.6 is 23.2 Å². The van der Waals surface area contributed by atoms with Crippen LogP contribution in [0.1, 0.15) is 5.56 Å². The Kier molecular flexibility index (Phi) is 6.16.